The average Bonchev–Trinajstić information content (AvgIpc) is 3.05. The Bertz CT molecular complexity index is 1520. The van der Waals surface area contributed by atoms with Gasteiger partial charge in [-0.1, -0.05) is 54.6 Å². The van der Waals surface area contributed by atoms with Crippen LogP contribution < -0.4 is 0 Å². The normalized spacial score (nSPS) is 11.3. The third-order valence-electron chi connectivity index (χ3n) is 5.90. The van der Waals surface area contributed by atoms with E-state index in [1.54, 1.807) is 0 Å². The molecule has 0 saturated heterocycles. The Labute approximate surface area is 194 Å². The van der Waals surface area contributed by atoms with Crippen LogP contribution in [-0.2, 0) is 39.8 Å². The van der Waals surface area contributed by atoms with Crippen molar-refractivity contribution >= 4 is 43.4 Å². The van der Waals surface area contributed by atoms with Crippen molar-refractivity contribution in [1.82, 2.24) is 4.57 Å². The molecule has 0 bridgehead atoms. The van der Waals surface area contributed by atoms with E-state index in [4.69, 9.17) is 0 Å². The van der Waals surface area contributed by atoms with E-state index < -0.39 is 0 Å². The van der Waals surface area contributed by atoms with Gasteiger partial charge >= 0.3 is 0 Å². The number of aromatic nitrogens is 1. The maximum atomic E-state index is 3.15. The van der Waals surface area contributed by atoms with Gasteiger partial charge in [0, 0.05) is 61.4 Å². The van der Waals surface area contributed by atoms with Crippen LogP contribution in [0.1, 0.15) is 0 Å². The molecular formula is C27H18NY-. The molecule has 0 amide bonds. The fourth-order valence-electron chi connectivity index (χ4n) is 4.48. The number of fused-ring (bicyclic) bond motifs is 6. The molecule has 0 N–H and O–H groups in total. The topological polar surface area (TPSA) is 4.93 Å². The molecule has 0 saturated carbocycles. The SMILES string of the molecule is Cn1c2ccc(-c3ccc4c[c-]ccc4c3)cc2c2ccc3ccccc3c21.[Y]. The van der Waals surface area contributed by atoms with Crippen LogP contribution in [0.4, 0.5) is 0 Å². The molecule has 0 aliphatic rings. The fraction of sp³-hybridized carbons (Fsp3) is 0.0370. The van der Waals surface area contributed by atoms with Crippen LogP contribution in [0.25, 0.3) is 54.5 Å². The molecule has 1 radical (unpaired) electrons. The van der Waals surface area contributed by atoms with Crippen molar-refractivity contribution in [3.05, 3.63) is 97.1 Å². The van der Waals surface area contributed by atoms with Crippen LogP contribution in [0.5, 0.6) is 0 Å². The Morgan fingerprint density at radius 3 is 2.38 bits per heavy atom. The Morgan fingerprint density at radius 1 is 0.655 bits per heavy atom. The first-order chi connectivity index (χ1) is 13.8. The average molecular weight is 445 g/mol. The summed E-state index contributed by atoms with van der Waals surface area (Å²) in [6.07, 6.45) is 0. The zero-order valence-electron chi connectivity index (χ0n) is 16.2. The Morgan fingerprint density at radius 2 is 1.45 bits per heavy atom. The predicted octanol–water partition coefficient (Wildman–Crippen LogP) is 7.10. The maximum absolute atomic E-state index is 3.15. The van der Waals surface area contributed by atoms with Crippen molar-refractivity contribution < 1.29 is 32.7 Å². The molecule has 1 heterocycles. The quantitative estimate of drug-likeness (QED) is 0.238. The van der Waals surface area contributed by atoms with Crippen molar-refractivity contribution in [1.29, 1.82) is 0 Å². The smallest absolute Gasteiger partial charge is 0.0568 e. The number of hydrogen-bond donors (Lipinski definition) is 0. The molecule has 0 fully saturated rings. The minimum atomic E-state index is 0. The second kappa shape index (κ2) is 7.09. The first-order valence-corrected chi connectivity index (χ1v) is 9.60. The van der Waals surface area contributed by atoms with Gasteiger partial charge in [-0.25, -0.2) is 0 Å². The molecule has 0 atom stereocenters. The van der Waals surface area contributed by atoms with Crippen molar-refractivity contribution in [3.63, 3.8) is 0 Å². The summed E-state index contributed by atoms with van der Waals surface area (Å²) in [6.45, 7) is 0. The van der Waals surface area contributed by atoms with E-state index in [0.717, 1.165) is 0 Å². The standard InChI is InChI=1S/C27H18N.Y/c1-28-26-15-13-22(21-11-10-18-6-2-3-8-20(18)16-21)17-25(26)24-14-12-19-7-4-5-9-23(19)27(24)28;/h3-17H,1H3;/q-1;. The van der Waals surface area contributed by atoms with Gasteiger partial charge in [-0.15, -0.1) is 16.8 Å². The first kappa shape index (κ1) is 18.5. The van der Waals surface area contributed by atoms with Crippen LogP contribution >= 0.6 is 0 Å². The van der Waals surface area contributed by atoms with Gasteiger partial charge in [0.05, 0.1) is 5.52 Å². The van der Waals surface area contributed by atoms with Crippen LogP contribution in [0, 0.1) is 6.07 Å². The van der Waals surface area contributed by atoms with Crippen molar-refractivity contribution in [2.75, 3.05) is 0 Å². The molecule has 1 aromatic heterocycles. The van der Waals surface area contributed by atoms with Gasteiger partial charge in [-0.3, -0.25) is 0 Å². The van der Waals surface area contributed by atoms with Gasteiger partial charge in [-0.2, -0.15) is 24.3 Å². The number of aryl methyl sites for hydroxylation is 1. The minimum Gasteiger partial charge on any atom is -0.343 e. The van der Waals surface area contributed by atoms with Crippen LogP contribution in [0.2, 0.25) is 0 Å². The maximum Gasteiger partial charge on any atom is 0.0568 e. The summed E-state index contributed by atoms with van der Waals surface area (Å²) in [6, 6.07) is 35.9. The van der Waals surface area contributed by atoms with E-state index in [-0.39, 0.29) is 32.7 Å². The molecule has 6 rings (SSSR count). The molecule has 0 aliphatic carbocycles. The Kier molecular flexibility index (Phi) is 4.54. The minimum absolute atomic E-state index is 0. The van der Waals surface area contributed by atoms with Crippen LogP contribution in [0.15, 0.2) is 91.0 Å². The van der Waals surface area contributed by atoms with E-state index in [2.05, 4.69) is 96.5 Å². The molecule has 29 heavy (non-hydrogen) atoms. The van der Waals surface area contributed by atoms with Crippen molar-refractivity contribution in [3.8, 4) is 11.1 Å². The third kappa shape index (κ3) is 2.84. The van der Waals surface area contributed by atoms with E-state index in [1.807, 2.05) is 12.1 Å². The predicted molar refractivity (Wildman–Crippen MR) is 120 cm³/mol. The molecule has 5 aromatic carbocycles. The summed E-state index contributed by atoms with van der Waals surface area (Å²) in [5, 5.41) is 7.69. The number of rotatable bonds is 1. The summed E-state index contributed by atoms with van der Waals surface area (Å²) in [5.74, 6) is 0. The van der Waals surface area contributed by atoms with Crippen molar-refractivity contribution in [2.45, 2.75) is 0 Å². The summed E-state index contributed by atoms with van der Waals surface area (Å²) in [7, 11) is 2.17. The van der Waals surface area contributed by atoms with Crippen molar-refractivity contribution in [2.24, 2.45) is 7.05 Å². The molecule has 135 valence electrons. The fourth-order valence-corrected chi connectivity index (χ4v) is 4.48. The van der Waals surface area contributed by atoms with Gasteiger partial charge in [0.15, 0.2) is 0 Å². The zero-order valence-corrected chi connectivity index (χ0v) is 19.0. The second-order valence-electron chi connectivity index (χ2n) is 7.46. The van der Waals surface area contributed by atoms with Gasteiger partial charge < -0.3 is 4.57 Å². The van der Waals surface area contributed by atoms with Crippen LogP contribution in [-0.4, -0.2) is 4.57 Å². The van der Waals surface area contributed by atoms with Gasteiger partial charge in [0.2, 0.25) is 0 Å². The molecule has 1 nitrogen and oxygen atoms in total. The molecule has 0 aliphatic heterocycles. The number of nitrogens with zero attached hydrogens (tertiary/aromatic N) is 1. The molecule has 0 spiro atoms. The monoisotopic (exact) mass is 445 g/mol. The summed E-state index contributed by atoms with van der Waals surface area (Å²) < 4.78 is 2.33. The number of benzene rings is 5. The van der Waals surface area contributed by atoms with E-state index >= 15 is 0 Å². The Balaban J connectivity index is 0.00000181. The van der Waals surface area contributed by atoms with Gasteiger partial charge in [0.1, 0.15) is 0 Å². The molecule has 2 heteroatoms. The largest absolute Gasteiger partial charge is 0.343 e. The van der Waals surface area contributed by atoms with E-state index in [9.17, 15) is 0 Å². The first-order valence-electron chi connectivity index (χ1n) is 9.60. The summed E-state index contributed by atoms with van der Waals surface area (Å²) in [4.78, 5) is 0. The van der Waals surface area contributed by atoms with E-state index in [0.29, 0.717) is 0 Å². The van der Waals surface area contributed by atoms with Crippen LogP contribution in [0.3, 0.4) is 0 Å². The Hall–Kier alpha value is -2.48. The zero-order chi connectivity index (χ0) is 18.7. The summed E-state index contributed by atoms with van der Waals surface area (Å²) >= 11 is 0. The number of hydrogen-bond acceptors (Lipinski definition) is 0. The summed E-state index contributed by atoms with van der Waals surface area (Å²) in [5.41, 5.74) is 5.08. The van der Waals surface area contributed by atoms with Gasteiger partial charge in [0.25, 0.3) is 0 Å². The molecular weight excluding hydrogens is 427 g/mol. The molecule has 6 aromatic rings. The second-order valence-corrected chi connectivity index (χ2v) is 7.46. The third-order valence-corrected chi connectivity index (χ3v) is 5.90. The van der Waals surface area contributed by atoms with E-state index in [1.165, 1.54) is 54.5 Å². The molecule has 0 unspecified atom stereocenters. The van der Waals surface area contributed by atoms with Gasteiger partial charge in [-0.05, 0) is 28.6 Å².